The van der Waals surface area contributed by atoms with Gasteiger partial charge in [0.05, 0.1) is 0 Å². The maximum absolute atomic E-state index is 10.4. The van der Waals surface area contributed by atoms with Crippen molar-refractivity contribution in [2.75, 3.05) is 0 Å². The second-order valence-electron chi connectivity index (χ2n) is 1.94. The van der Waals surface area contributed by atoms with Gasteiger partial charge in [0, 0.05) is 11.1 Å². The summed E-state index contributed by atoms with van der Waals surface area (Å²) in [4.78, 5) is 10.4. The Morgan fingerprint density at radius 2 is 2.09 bits per heavy atom. The fourth-order valence-electron chi connectivity index (χ4n) is 0.774. The lowest BCUT2D eigenvalue weighted by molar-refractivity contribution is 0.112. The average molecular weight is 162 g/mol. The Labute approximate surface area is 70.8 Å². The number of aldehydes is 1. The zero-order valence-electron chi connectivity index (χ0n) is 5.74. The number of rotatable bonds is 1. The predicted octanol–water partition coefficient (Wildman–Crippen LogP) is 1.74. The van der Waals surface area contributed by atoms with Crippen molar-refractivity contribution in [3.8, 4) is 11.2 Å². The molecule has 0 heterocycles. The summed E-state index contributed by atoms with van der Waals surface area (Å²) in [6, 6.07) is 7.14. The highest BCUT2D eigenvalue weighted by atomic mass is 32.1. The molecule has 0 amide bonds. The van der Waals surface area contributed by atoms with Crippen LogP contribution in [-0.2, 0) is 0 Å². The van der Waals surface area contributed by atoms with Crippen molar-refractivity contribution >= 4 is 18.9 Å². The van der Waals surface area contributed by atoms with Crippen LogP contribution in [0, 0.1) is 11.2 Å². The van der Waals surface area contributed by atoms with E-state index in [1.165, 1.54) is 0 Å². The molecule has 1 aromatic rings. The molecule has 1 rings (SSSR count). The molecule has 54 valence electrons. The van der Waals surface area contributed by atoms with Gasteiger partial charge in [0.1, 0.15) is 0 Å². The summed E-state index contributed by atoms with van der Waals surface area (Å²) in [5.41, 5.74) is 1.33. The molecule has 11 heavy (non-hydrogen) atoms. The van der Waals surface area contributed by atoms with Gasteiger partial charge in [-0.25, -0.2) is 0 Å². The van der Waals surface area contributed by atoms with E-state index in [-0.39, 0.29) is 0 Å². The van der Waals surface area contributed by atoms with Crippen molar-refractivity contribution in [3.63, 3.8) is 0 Å². The van der Waals surface area contributed by atoms with Gasteiger partial charge < -0.3 is 0 Å². The van der Waals surface area contributed by atoms with E-state index in [9.17, 15) is 4.79 Å². The Morgan fingerprint density at radius 3 is 2.73 bits per heavy atom. The molecule has 1 aromatic carbocycles. The Kier molecular flexibility index (Phi) is 2.76. The molecule has 0 spiro atoms. The molecule has 0 saturated carbocycles. The summed E-state index contributed by atoms with van der Waals surface area (Å²) in [6.45, 7) is 0. The van der Waals surface area contributed by atoms with Gasteiger partial charge >= 0.3 is 0 Å². The Bertz CT molecular complexity index is 320. The van der Waals surface area contributed by atoms with Crippen LogP contribution in [0.3, 0.4) is 0 Å². The van der Waals surface area contributed by atoms with E-state index in [4.69, 9.17) is 0 Å². The summed E-state index contributed by atoms with van der Waals surface area (Å²) < 4.78 is 0. The van der Waals surface area contributed by atoms with Crippen molar-refractivity contribution in [1.82, 2.24) is 0 Å². The summed E-state index contributed by atoms with van der Waals surface area (Å²) in [6.07, 6.45) is 0.785. The first kappa shape index (κ1) is 7.90. The van der Waals surface area contributed by atoms with Gasteiger partial charge in [-0.1, -0.05) is 36.7 Å². The topological polar surface area (TPSA) is 17.1 Å². The van der Waals surface area contributed by atoms with Gasteiger partial charge in [-0.2, -0.15) is 0 Å². The molecule has 0 unspecified atom stereocenters. The molecular weight excluding hydrogens is 156 g/mol. The molecule has 0 saturated heterocycles. The van der Waals surface area contributed by atoms with E-state index in [0.29, 0.717) is 5.56 Å². The number of benzene rings is 1. The number of thiol groups is 1. The maximum atomic E-state index is 10.4. The van der Waals surface area contributed by atoms with Gasteiger partial charge in [-0.05, 0) is 11.3 Å². The highest BCUT2D eigenvalue weighted by Gasteiger charge is 1.93. The average Bonchev–Trinajstić information content (AvgIpc) is 2.06. The lowest BCUT2D eigenvalue weighted by atomic mass is 10.1. The standard InChI is InChI=1S/C9H6OS/c10-7-9-4-2-1-3-8(9)5-6-11/h1-4,7,11H. The van der Waals surface area contributed by atoms with Crippen molar-refractivity contribution < 1.29 is 4.79 Å². The van der Waals surface area contributed by atoms with E-state index < -0.39 is 0 Å². The minimum absolute atomic E-state index is 0.606. The minimum atomic E-state index is 0.606. The zero-order valence-corrected chi connectivity index (χ0v) is 6.64. The van der Waals surface area contributed by atoms with E-state index in [2.05, 4.69) is 23.8 Å². The monoisotopic (exact) mass is 162 g/mol. The molecule has 1 nitrogen and oxygen atoms in total. The second kappa shape index (κ2) is 3.85. The normalized spacial score (nSPS) is 8.09. The predicted molar refractivity (Wildman–Crippen MR) is 47.7 cm³/mol. The van der Waals surface area contributed by atoms with E-state index >= 15 is 0 Å². The zero-order chi connectivity index (χ0) is 8.10. The first-order valence-electron chi connectivity index (χ1n) is 3.08. The van der Waals surface area contributed by atoms with Crippen molar-refractivity contribution in [2.45, 2.75) is 0 Å². The molecule has 0 aliphatic carbocycles. The quantitative estimate of drug-likeness (QED) is 0.378. The van der Waals surface area contributed by atoms with Gasteiger partial charge in [-0.3, -0.25) is 4.79 Å². The summed E-state index contributed by atoms with van der Waals surface area (Å²) in [5, 5.41) is 2.44. The molecule has 0 aromatic heterocycles. The molecule has 0 atom stereocenters. The SMILES string of the molecule is O=Cc1ccccc1C#CS. The smallest absolute Gasteiger partial charge is 0.151 e. The Hall–Kier alpha value is -1.20. The summed E-state index contributed by atoms with van der Waals surface area (Å²) in [5.74, 6) is 2.71. The van der Waals surface area contributed by atoms with E-state index in [1.54, 1.807) is 18.2 Å². The lowest BCUT2D eigenvalue weighted by Gasteiger charge is -1.92. The molecule has 0 N–H and O–H groups in total. The van der Waals surface area contributed by atoms with Gasteiger partial charge in [0.15, 0.2) is 6.29 Å². The van der Waals surface area contributed by atoms with Crippen LogP contribution in [0.15, 0.2) is 24.3 Å². The van der Waals surface area contributed by atoms with Crippen molar-refractivity contribution in [1.29, 1.82) is 0 Å². The fraction of sp³-hybridized carbons (Fsp3) is 0. The molecule has 0 aliphatic rings. The number of hydrogen-bond donors (Lipinski definition) is 1. The van der Waals surface area contributed by atoms with E-state index in [1.807, 2.05) is 6.07 Å². The largest absolute Gasteiger partial charge is 0.298 e. The molecule has 0 aliphatic heterocycles. The third-order valence-corrected chi connectivity index (χ3v) is 1.39. The van der Waals surface area contributed by atoms with Crippen LogP contribution in [0.4, 0.5) is 0 Å². The van der Waals surface area contributed by atoms with Crippen LogP contribution >= 0.6 is 12.6 Å². The minimum Gasteiger partial charge on any atom is -0.298 e. The summed E-state index contributed by atoms with van der Waals surface area (Å²) in [7, 11) is 0. The van der Waals surface area contributed by atoms with Crippen LogP contribution in [0.25, 0.3) is 0 Å². The highest BCUT2D eigenvalue weighted by molar-refractivity contribution is 7.85. The first-order valence-corrected chi connectivity index (χ1v) is 3.52. The van der Waals surface area contributed by atoms with Gasteiger partial charge in [-0.15, -0.1) is 0 Å². The number of hydrogen-bond acceptors (Lipinski definition) is 2. The summed E-state index contributed by atoms with van der Waals surface area (Å²) >= 11 is 3.74. The highest BCUT2D eigenvalue weighted by Crippen LogP contribution is 2.03. The van der Waals surface area contributed by atoms with Crippen molar-refractivity contribution in [3.05, 3.63) is 35.4 Å². The maximum Gasteiger partial charge on any atom is 0.151 e. The molecule has 2 heteroatoms. The number of carbonyl (C=O) groups excluding carboxylic acids is 1. The van der Waals surface area contributed by atoms with Gasteiger partial charge in [0.25, 0.3) is 0 Å². The molecule has 0 fully saturated rings. The third kappa shape index (κ3) is 1.86. The molecular formula is C9H6OS. The van der Waals surface area contributed by atoms with Crippen LogP contribution < -0.4 is 0 Å². The van der Waals surface area contributed by atoms with Crippen LogP contribution in [0.1, 0.15) is 15.9 Å². The van der Waals surface area contributed by atoms with Crippen LogP contribution in [0.5, 0.6) is 0 Å². The Balaban J connectivity index is 3.19. The second-order valence-corrected chi connectivity index (χ2v) is 2.17. The van der Waals surface area contributed by atoms with Gasteiger partial charge in [0.2, 0.25) is 0 Å². The van der Waals surface area contributed by atoms with Crippen molar-refractivity contribution in [2.24, 2.45) is 0 Å². The molecule has 0 bridgehead atoms. The fourth-order valence-corrected chi connectivity index (χ4v) is 0.894. The van der Waals surface area contributed by atoms with E-state index in [0.717, 1.165) is 11.8 Å². The molecule has 0 radical (unpaired) electrons. The third-order valence-electron chi connectivity index (χ3n) is 1.28. The number of carbonyl (C=O) groups is 1. The van der Waals surface area contributed by atoms with Crippen LogP contribution in [0.2, 0.25) is 0 Å². The Morgan fingerprint density at radius 1 is 1.36 bits per heavy atom. The first-order chi connectivity index (χ1) is 5.38. The lowest BCUT2D eigenvalue weighted by Crippen LogP contribution is -1.84. The van der Waals surface area contributed by atoms with Crippen LogP contribution in [-0.4, -0.2) is 6.29 Å².